The Kier molecular flexibility index (Phi) is 3.75. The third-order valence-corrected chi connectivity index (χ3v) is 0.899. The van der Waals surface area contributed by atoms with Crippen molar-refractivity contribution in [1.29, 1.82) is 0 Å². The van der Waals surface area contributed by atoms with E-state index in [9.17, 15) is 14.5 Å². The van der Waals surface area contributed by atoms with Crippen LogP contribution in [0.5, 0.6) is 0 Å². The Morgan fingerprint density at radius 1 is 1.55 bits per heavy atom. The molecule has 11 heavy (non-hydrogen) atoms. The van der Waals surface area contributed by atoms with Crippen LogP contribution in [0.1, 0.15) is 0 Å². The molecule has 0 bridgehead atoms. The molecule has 1 heterocycles. The normalized spacial score (nSPS) is 8.45. The number of rotatable bonds is 1. The predicted molar refractivity (Wildman–Crippen MR) is 30.8 cm³/mol. The number of halogens is 1. The molecule has 0 radical (unpaired) electrons. The van der Waals surface area contributed by atoms with E-state index in [4.69, 9.17) is 0 Å². The molecule has 0 saturated carbocycles. The van der Waals surface area contributed by atoms with Crippen LogP contribution in [-0.4, -0.2) is 9.91 Å². The van der Waals surface area contributed by atoms with Gasteiger partial charge in [0.25, 0.3) is 0 Å². The van der Waals surface area contributed by atoms with Gasteiger partial charge in [0.15, 0.2) is 12.0 Å². The van der Waals surface area contributed by atoms with Crippen molar-refractivity contribution in [3.05, 3.63) is 34.3 Å². The molecule has 0 unspecified atom stereocenters. The minimum absolute atomic E-state index is 0. The molecule has 1 aromatic heterocycles. The maximum Gasteiger partial charge on any atom is 0.363 e. The van der Waals surface area contributed by atoms with Crippen molar-refractivity contribution in [2.75, 3.05) is 0 Å². The summed E-state index contributed by atoms with van der Waals surface area (Å²) in [6.45, 7) is 0. The van der Waals surface area contributed by atoms with Crippen molar-refractivity contribution in [2.24, 2.45) is 0 Å². The van der Waals surface area contributed by atoms with Crippen molar-refractivity contribution < 1.29 is 28.8 Å². The molecule has 0 atom stereocenters. The first-order chi connectivity index (χ1) is 4.70. The molecule has 0 aliphatic heterocycles. The Bertz CT molecular complexity index is 251. The van der Waals surface area contributed by atoms with Crippen LogP contribution in [0.15, 0.2) is 18.3 Å². The third kappa shape index (κ3) is 2.68. The third-order valence-electron chi connectivity index (χ3n) is 0.899. The zero-order valence-corrected chi connectivity index (χ0v) is 8.50. The van der Waals surface area contributed by atoms with E-state index in [0.717, 1.165) is 18.3 Å². The van der Waals surface area contributed by atoms with Gasteiger partial charge in [-0.2, -0.15) is 0 Å². The molecular weight excluding hydrogens is 204 g/mol. The summed E-state index contributed by atoms with van der Waals surface area (Å²) in [4.78, 5) is 12.5. The fraction of sp³-hybridized carbons (Fsp3) is 0. The van der Waals surface area contributed by atoms with E-state index >= 15 is 0 Å². The Morgan fingerprint density at radius 2 is 2.18 bits per heavy atom. The molecule has 0 spiro atoms. The molecular formula is C5H3FN2O2Zn. The van der Waals surface area contributed by atoms with Gasteiger partial charge in [0, 0.05) is 25.5 Å². The van der Waals surface area contributed by atoms with E-state index in [-0.39, 0.29) is 25.3 Å². The Hall–Kier alpha value is -0.897. The molecule has 0 aliphatic carbocycles. The summed E-state index contributed by atoms with van der Waals surface area (Å²) < 4.78 is 12.1. The van der Waals surface area contributed by atoms with Crippen LogP contribution < -0.4 is 0 Å². The molecule has 0 saturated heterocycles. The number of nitrogens with zero attached hydrogens (tertiary/aromatic N) is 2. The summed E-state index contributed by atoms with van der Waals surface area (Å²) in [6.07, 6.45) is 0.804. The minimum atomic E-state index is -0.681. The van der Waals surface area contributed by atoms with E-state index in [1.807, 2.05) is 0 Å². The van der Waals surface area contributed by atoms with E-state index in [1.54, 1.807) is 0 Å². The molecule has 1 aromatic rings. The van der Waals surface area contributed by atoms with Crippen LogP contribution in [-0.2, 0) is 19.5 Å². The molecule has 6 heteroatoms. The van der Waals surface area contributed by atoms with Gasteiger partial charge in [-0.15, -0.1) is 0 Å². The topological polar surface area (TPSA) is 56.0 Å². The van der Waals surface area contributed by atoms with E-state index in [1.165, 1.54) is 0 Å². The number of pyridine rings is 1. The average Bonchev–Trinajstić information content (AvgIpc) is 1.88. The molecule has 0 aromatic carbocycles. The second-order valence-electron chi connectivity index (χ2n) is 1.59. The largest absolute Gasteiger partial charge is 0.363 e. The van der Waals surface area contributed by atoms with Crippen molar-refractivity contribution in [1.82, 2.24) is 4.98 Å². The van der Waals surface area contributed by atoms with Gasteiger partial charge in [-0.05, 0) is 16.0 Å². The summed E-state index contributed by atoms with van der Waals surface area (Å²) >= 11 is 0. The van der Waals surface area contributed by atoms with E-state index in [2.05, 4.69) is 4.98 Å². The van der Waals surface area contributed by atoms with Gasteiger partial charge < -0.3 is 10.1 Å². The van der Waals surface area contributed by atoms with Crippen LogP contribution in [0.4, 0.5) is 10.2 Å². The number of nitro groups is 1. The Balaban J connectivity index is 0.000001000. The van der Waals surface area contributed by atoms with Crippen LogP contribution in [0, 0.1) is 15.9 Å². The minimum Gasteiger partial charge on any atom is -0.358 e. The molecule has 4 nitrogen and oxygen atoms in total. The first-order valence-corrected chi connectivity index (χ1v) is 2.46. The summed E-state index contributed by atoms with van der Waals surface area (Å²) in [6, 6.07) is 2.00. The predicted octanol–water partition coefficient (Wildman–Crippen LogP) is 1.13. The number of hydrogen-bond donors (Lipinski definition) is 0. The van der Waals surface area contributed by atoms with E-state index < -0.39 is 10.7 Å². The smallest absolute Gasteiger partial charge is 0.358 e. The zero-order valence-electron chi connectivity index (χ0n) is 5.53. The second kappa shape index (κ2) is 4.08. The monoisotopic (exact) mass is 206 g/mol. The summed E-state index contributed by atoms with van der Waals surface area (Å²) in [7, 11) is 0. The summed E-state index contributed by atoms with van der Waals surface area (Å²) in [5.41, 5.74) is 0. The summed E-state index contributed by atoms with van der Waals surface area (Å²) in [5, 5.41) is 9.93. The standard InChI is InChI=1S/C5H3FN2O2.Zn/c6-4-1-2-5(7-3-4)8(9)10;/h1-3H;. The fourth-order valence-corrected chi connectivity index (χ4v) is 0.476. The first-order valence-electron chi connectivity index (χ1n) is 2.46. The van der Waals surface area contributed by atoms with Crippen LogP contribution in [0.25, 0.3) is 0 Å². The first kappa shape index (κ1) is 10.1. The molecule has 54 valence electrons. The molecule has 0 aliphatic rings. The molecule has 0 N–H and O–H groups in total. The van der Waals surface area contributed by atoms with Gasteiger partial charge in [-0.25, -0.2) is 4.39 Å². The number of hydrogen-bond acceptors (Lipinski definition) is 3. The molecule has 1 rings (SSSR count). The van der Waals surface area contributed by atoms with Gasteiger partial charge in [0.1, 0.15) is 0 Å². The van der Waals surface area contributed by atoms with Crippen molar-refractivity contribution in [2.45, 2.75) is 0 Å². The van der Waals surface area contributed by atoms with Crippen molar-refractivity contribution in [3.8, 4) is 0 Å². The van der Waals surface area contributed by atoms with Gasteiger partial charge in [-0.3, -0.25) is 0 Å². The van der Waals surface area contributed by atoms with Crippen molar-refractivity contribution in [3.63, 3.8) is 0 Å². The number of aromatic nitrogens is 1. The van der Waals surface area contributed by atoms with Crippen molar-refractivity contribution >= 4 is 5.82 Å². The van der Waals surface area contributed by atoms with E-state index in [0.29, 0.717) is 0 Å². The zero-order chi connectivity index (χ0) is 7.56. The Morgan fingerprint density at radius 3 is 2.55 bits per heavy atom. The average molecular weight is 207 g/mol. The second-order valence-corrected chi connectivity index (χ2v) is 1.59. The fourth-order valence-electron chi connectivity index (χ4n) is 0.476. The maximum atomic E-state index is 12.1. The molecule has 0 amide bonds. The molecule has 0 fully saturated rings. The van der Waals surface area contributed by atoms with Gasteiger partial charge in [0.05, 0.1) is 0 Å². The van der Waals surface area contributed by atoms with Gasteiger partial charge in [0.2, 0.25) is 0 Å². The van der Waals surface area contributed by atoms with Crippen LogP contribution in [0.2, 0.25) is 0 Å². The van der Waals surface area contributed by atoms with Crippen LogP contribution >= 0.6 is 0 Å². The van der Waals surface area contributed by atoms with Gasteiger partial charge >= 0.3 is 5.82 Å². The SMILES string of the molecule is O=[N+]([O-])c1ccc(F)cn1.[Zn]. The van der Waals surface area contributed by atoms with Crippen LogP contribution in [0.3, 0.4) is 0 Å². The summed E-state index contributed by atoms with van der Waals surface area (Å²) in [5.74, 6) is -0.924. The maximum absolute atomic E-state index is 12.1. The van der Waals surface area contributed by atoms with Gasteiger partial charge in [-0.1, -0.05) is 0 Å². The Labute approximate surface area is 74.4 Å². The quantitative estimate of drug-likeness (QED) is 0.394.